The van der Waals surface area contributed by atoms with Gasteiger partial charge in [0, 0.05) is 25.9 Å². The van der Waals surface area contributed by atoms with E-state index in [0.717, 1.165) is 10.2 Å². The second kappa shape index (κ2) is 6.87. The highest BCUT2D eigenvalue weighted by Gasteiger charge is 2.11. The van der Waals surface area contributed by atoms with Crippen LogP contribution in [-0.2, 0) is 4.74 Å². The minimum atomic E-state index is 0.476. The first-order chi connectivity index (χ1) is 10.8. The van der Waals surface area contributed by atoms with Gasteiger partial charge in [-0.2, -0.15) is 4.98 Å². The summed E-state index contributed by atoms with van der Waals surface area (Å²) in [5, 5.41) is 5.55. The van der Waals surface area contributed by atoms with Crippen molar-refractivity contribution in [2.45, 2.75) is 0 Å². The largest absolute Gasteiger partial charge is 0.436 e. The highest BCUT2D eigenvalue weighted by Crippen LogP contribution is 2.32. The summed E-state index contributed by atoms with van der Waals surface area (Å²) in [6, 6.07) is 3.61. The van der Waals surface area contributed by atoms with Gasteiger partial charge in [0.05, 0.1) is 23.3 Å². The van der Waals surface area contributed by atoms with Gasteiger partial charge in [-0.15, -0.1) is 11.3 Å². The second-order valence-electron chi connectivity index (χ2n) is 4.35. The molecule has 3 aromatic heterocycles. The van der Waals surface area contributed by atoms with Gasteiger partial charge in [0.1, 0.15) is 10.4 Å². The fourth-order valence-electron chi connectivity index (χ4n) is 1.81. The Bertz CT molecular complexity index is 780. The number of nitrogens with zero attached hydrogens (tertiary/aromatic N) is 3. The number of anilines is 1. The first-order valence-electron chi connectivity index (χ1n) is 6.53. The minimum absolute atomic E-state index is 0.476. The Labute approximate surface area is 136 Å². The van der Waals surface area contributed by atoms with Gasteiger partial charge in [0.25, 0.3) is 0 Å². The maximum Gasteiger partial charge on any atom is 0.242 e. The predicted molar refractivity (Wildman–Crippen MR) is 87.1 cm³/mol. The van der Waals surface area contributed by atoms with Crippen LogP contribution in [0.25, 0.3) is 10.2 Å². The number of hydrogen-bond donors (Lipinski definition) is 1. The normalized spacial score (nSPS) is 10.8. The molecule has 0 fully saturated rings. The number of thiophene rings is 1. The van der Waals surface area contributed by atoms with Gasteiger partial charge < -0.3 is 14.8 Å². The monoisotopic (exact) mass is 336 g/mol. The van der Waals surface area contributed by atoms with Gasteiger partial charge in [-0.25, -0.2) is 4.98 Å². The number of halogens is 1. The molecule has 6 nitrogen and oxygen atoms in total. The molecule has 0 aromatic carbocycles. The molecule has 3 rings (SSSR count). The van der Waals surface area contributed by atoms with E-state index in [1.54, 1.807) is 25.6 Å². The molecule has 3 aromatic rings. The van der Waals surface area contributed by atoms with Crippen molar-refractivity contribution in [1.29, 1.82) is 0 Å². The van der Waals surface area contributed by atoms with E-state index in [4.69, 9.17) is 21.1 Å². The van der Waals surface area contributed by atoms with Crippen LogP contribution in [0.5, 0.6) is 11.6 Å². The summed E-state index contributed by atoms with van der Waals surface area (Å²) < 4.78 is 11.7. The van der Waals surface area contributed by atoms with E-state index in [0.29, 0.717) is 35.8 Å². The van der Waals surface area contributed by atoms with Crippen molar-refractivity contribution in [3.8, 4) is 11.6 Å². The molecule has 0 aliphatic rings. The molecule has 3 heterocycles. The maximum absolute atomic E-state index is 5.93. The Morgan fingerprint density at radius 1 is 1.32 bits per heavy atom. The van der Waals surface area contributed by atoms with Gasteiger partial charge >= 0.3 is 0 Å². The van der Waals surface area contributed by atoms with E-state index in [2.05, 4.69) is 20.3 Å². The van der Waals surface area contributed by atoms with Gasteiger partial charge in [-0.1, -0.05) is 11.6 Å². The Hall–Kier alpha value is -1.96. The molecule has 0 atom stereocenters. The number of ether oxygens (including phenoxy) is 2. The van der Waals surface area contributed by atoms with Crippen molar-refractivity contribution in [3.05, 3.63) is 34.9 Å². The maximum atomic E-state index is 5.93. The molecule has 114 valence electrons. The average Bonchev–Trinajstić information content (AvgIpc) is 2.96. The van der Waals surface area contributed by atoms with Gasteiger partial charge in [0.2, 0.25) is 11.8 Å². The third-order valence-corrected chi connectivity index (χ3v) is 3.85. The molecule has 0 amide bonds. The number of hydrogen-bond acceptors (Lipinski definition) is 7. The van der Waals surface area contributed by atoms with E-state index >= 15 is 0 Å². The molecule has 8 heteroatoms. The SMILES string of the molecule is COCCNc1nc(Oc2cncc(Cl)c2)c2sccc2n1. The lowest BCUT2D eigenvalue weighted by Crippen LogP contribution is -2.10. The number of nitrogens with one attached hydrogen (secondary N) is 1. The van der Waals surface area contributed by atoms with Crippen LogP contribution in [0, 0.1) is 0 Å². The summed E-state index contributed by atoms with van der Waals surface area (Å²) in [6.45, 7) is 1.18. The fraction of sp³-hybridized carbons (Fsp3) is 0.214. The molecule has 0 saturated carbocycles. The first kappa shape index (κ1) is 15.0. The molecule has 22 heavy (non-hydrogen) atoms. The van der Waals surface area contributed by atoms with E-state index in [1.807, 2.05) is 11.4 Å². The molecule has 0 spiro atoms. The molecule has 0 unspecified atom stereocenters. The van der Waals surface area contributed by atoms with Crippen LogP contribution in [0.4, 0.5) is 5.95 Å². The zero-order valence-electron chi connectivity index (χ0n) is 11.7. The highest BCUT2D eigenvalue weighted by molar-refractivity contribution is 7.17. The summed E-state index contributed by atoms with van der Waals surface area (Å²) in [5.74, 6) is 1.50. The van der Waals surface area contributed by atoms with E-state index in [1.165, 1.54) is 11.3 Å². The smallest absolute Gasteiger partial charge is 0.242 e. The third kappa shape index (κ3) is 3.44. The van der Waals surface area contributed by atoms with Gasteiger partial charge in [-0.3, -0.25) is 4.98 Å². The van der Waals surface area contributed by atoms with Crippen molar-refractivity contribution in [1.82, 2.24) is 15.0 Å². The summed E-state index contributed by atoms with van der Waals surface area (Å²) in [5.41, 5.74) is 0.824. The lowest BCUT2D eigenvalue weighted by molar-refractivity contribution is 0.210. The van der Waals surface area contributed by atoms with Crippen molar-refractivity contribution in [2.24, 2.45) is 0 Å². The minimum Gasteiger partial charge on any atom is -0.436 e. The van der Waals surface area contributed by atoms with Crippen molar-refractivity contribution < 1.29 is 9.47 Å². The lowest BCUT2D eigenvalue weighted by atomic mass is 10.4. The average molecular weight is 337 g/mol. The summed E-state index contributed by atoms with van der Waals surface area (Å²) in [7, 11) is 1.64. The molecule has 0 aliphatic heterocycles. The Morgan fingerprint density at radius 3 is 3.05 bits per heavy atom. The molecule has 1 N–H and O–H groups in total. The second-order valence-corrected chi connectivity index (χ2v) is 5.70. The number of aromatic nitrogens is 3. The third-order valence-electron chi connectivity index (χ3n) is 2.76. The summed E-state index contributed by atoms with van der Waals surface area (Å²) >= 11 is 7.44. The lowest BCUT2D eigenvalue weighted by Gasteiger charge is -2.09. The Balaban J connectivity index is 1.91. The number of fused-ring (bicyclic) bond motifs is 1. The summed E-state index contributed by atoms with van der Waals surface area (Å²) in [4.78, 5) is 12.8. The Morgan fingerprint density at radius 2 is 2.23 bits per heavy atom. The number of pyridine rings is 1. The number of rotatable bonds is 6. The van der Waals surface area contributed by atoms with Crippen LogP contribution >= 0.6 is 22.9 Å². The predicted octanol–water partition coefficient (Wildman–Crippen LogP) is 3.59. The van der Waals surface area contributed by atoms with Crippen molar-refractivity contribution >= 4 is 39.1 Å². The molecule has 0 aliphatic carbocycles. The standard InChI is InChI=1S/C14H13ClN4O2S/c1-20-4-3-17-14-18-11-2-5-22-12(11)13(19-14)21-10-6-9(15)7-16-8-10/h2,5-8H,3-4H2,1H3,(H,17,18,19). The quantitative estimate of drug-likeness (QED) is 0.694. The van der Waals surface area contributed by atoms with Crippen LogP contribution in [-0.4, -0.2) is 35.2 Å². The fourth-order valence-corrected chi connectivity index (χ4v) is 2.73. The summed E-state index contributed by atoms with van der Waals surface area (Å²) in [6.07, 6.45) is 3.14. The Kier molecular flexibility index (Phi) is 4.67. The molecular formula is C14H13ClN4O2S. The van der Waals surface area contributed by atoms with E-state index in [9.17, 15) is 0 Å². The zero-order valence-corrected chi connectivity index (χ0v) is 13.3. The zero-order chi connectivity index (χ0) is 15.4. The van der Waals surface area contributed by atoms with Crippen molar-refractivity contribution in [3.63, 3.8) is 0 Å². The van der Waals surface area contributed by atoms with Crippen LogP contribution in [0.1, 0.15) is 0 Å². The van der Waals surface area contributed by atoms with Gasteiger partial charge in [-0.05, 0) is 11.4 Å². The van der Waals surface area contributed by atoms with E-state index < -0.39 is 0 Å². The van der Waals surface area contributed by atoms with Crippen LogP contribution < -0.4 is 10.1 Å². The van der Waals surface area contributed by atoms with E-state index in [-0.39, 0.29) is 0 Å². The van der Waals surface area contributed by atoms with Crippen LogP contribution in [0.15, 0.2) is 29.9 Å². The molecule has 0 bridgehead atoms. The van der Waals surface area contributed by atoms with Crippen LogP contribution in [0.3, 0.4) is 0 Å². The highest BCUT2D eigenvalue weighted by atomic mass is 35.5. The molecule has 0 radical (unpaired) electrons. The topological polar surface area (TPSA) is 69.2 Å². The van der Waals surface area contributed by atoms with Crippen LogP contribution in [0.2, 0.25) is 5.02 Å². The van der Waals surface area contributed by atoms with Gasteiger partial charge in [0.15, 0.2) is 0 Å². The van der Waals surface area contributed by atoms with Crippen molar-refractivity contribution in [2.75, 3.05) is 25.6 Å². The first-order valence-corrected chi connectivity index (χ1v) is 7.78. The molecular weight excluding hydrogens is 324 g/mol. The molecule has 0 saturated heterocycles. The number of methoxy groups -OCH3 is 1.